The molecular formula is C11H17F3N2O4. The molecule has 116 valence electrons. The minimum atomic E-state index is -4.39. The predicted molar refractivity (Wildman–Crippen MR) is 62.9 cm³/mol. The lowest BCUT2D eigenvalue weighted by atomic mass is 9.85. The minimum absolute atomic E-state index is 0.230. The third-order valence-corrected chi connectivity index (χ3v) is 2.22. The van der Waals surface area contributed by atoms with Gasteiger partial charge in [-0.2, -0.15) is 13.2 Å². The molecule has 0 fully saturated rings. The van der Waals surface area contributed by atoms with Crippen LogP contribution >= 0.6 is 0 Å². The molecule has 3 N–H and O–H groups in total. The molecule has 0 unspecified atom stereocenters. The van der Waals surface area contributed by atoms with Crippen LogP contribution in [0.2, 0.25) is 0 Å². The van der Waals surface area contributed by atoms with Crippen molar-refractivity contribution in [1.82, 2.24) is 10.6 Å². The van der Waals surface area contributed by atoms with Crippen LogP contribution in [-0.2, 0) is 9.59 Å². The number of carbonyl (C=O) groups excluding carboxylic acids is 2. The summed E-state index contributed by atoms with van der Waals surface area (Å²) in [5, 5.41) is 12.4. The van der Waals surface area contributed by atoms with Crippen molar-refractivity contribution in [2.45, 2.75) is 39.3 Å². The molecule has 0 radical (unpaired) electrons. The van der Waals surface area contributed by atoms with E-state index in [-0.39, 0.29) is 12.8 Å². The van der Waals surface area contributed by atoms with Gasteiger partial charge in [-0.1, -0.05) is 13.8 Å². The molecule has 0 aliphatic heterocycles. The van der Waals surface area contributed by atoms with E-state index >= 15 is 0 Å². The van der Waals surface area contributed by atoms with Crippen LogP contribution in [0.5, 0.6) is 0 Å². The van der Waals surface area contributed by atoms with Crippen LogP contribution in [0, 0.1) is 5.41 Å². The quantitative estimate of drug-likeness (QED) is 0.695. The van der Waals surface area contributed by atoms with Gasteiger partial charge < -0.3 is 10.4 Å². The van der Waals surface area contributed by atoms with E-state index in [1.54, 1.807) is 0 Å². The highest BCUT2D eigenvalue weighted by molar-refractivity contribution is 5.94. The van der Waals surface area contributed by atoms with E-state index in [2.05, 4.69) is 0 Å². The number of carbonyl (C=O) groups is 3. The van der Waals surface area contributed by atoms with Crippen molar-refractivity contribution < 1.29 is 32.7 Å². The van der Waals surface area contributed by atoms with Gasteiger partial charge in [-0.25, -0.2) is 4.79 Å². The van der Waals surface area contributed by atoms with Crippen LogP contribution in [0.4, 0.5) is 18.0 Å². The van der Waals surface area contributed by atoms with E-state index in [0.29, 0.717) is 0 Å². The number of hydrogen-bond donors (Lipinski definition) is 3. The number of alkyl halides is 3. The van der Waals surface area contributed by atoms with E-state index in [1.165, 1.54) is 13.8 Å². The fourth-order valence-electron chi connectivity index (χ4n) is 1.44. The molecule has 0 aromatic heterocycles. The van der Waals surface area contributed by atoms with Gasteiger partial charge in [0.25, 0.3) is 0 Å². The van der Waals surface area contributed by atoms with Crippen molar-refractivity contribution in [2.24, 2.45) is 5.41 Å². The second-order valence-electron chi connectivity index (χ2n) is 5.08. The molecule has 0 aromatic carbocycles. The van der Waals surface area contributed by atoms with Gasteiger partial charge in [-0.05, 0) is 5.41 Å². The second kappa shape index (κ2) is 7.11. The first-order valence-corrected chi connectivity index (χ1v) is 5.77. The van der Waals surface area contributed by atoms with Gasteiger partial charge in [0.1, 0.15) is 0 Å². The number of aliphatic carboxylic acids is 1. The van der Waals surface area contributed by atoms with Gasteiger partial charge in [0.05, 0.1) is 12.8 Å². The van der Waals surface area contributed by atoms with Crippen LogP contribution in [0.25, 0.3) is 0 Å². The topological polar surface area (TPSA) is 95.5 Å². The Hall–Kier alpha value is -1.80. The average Bonchev–Trinajstić information content (AvgIpc) is 2.10. The van der Waals surface area contributed by atoms with Crippen molar-refractivity contribution in [1.29, 1.82) is 0 Å². The number of amides is 3. The van der Waals surface area contributed by atoms with Gasteiger partial charge in [0.2, 0.25) is 5.91 Å². The van der Waals surface area contributed by atoms with Crippen molar-refractivity contribution in [2.75, 3.05) is 6.54 Å². The second-order valence-corrected chi connectivity index (χ2v) is 5.08. The Morgan fingerprint density at radius 1 is 1.10 bits per heavy atom. The predicted octanol–water partition coefficient (Wildman–Crippen LogP) is 1.66. The summed E-state index contributed by atoms with van der Waals surface area (Å²) >= 11 is 0. The highest BCUT2D eigenvalue weighted by atomic mass is 19.4. The molecule has 0 atom stereocenters. The van der Waals surface area contributed by atoms with Crippen LogP contribution < -0.4 is 10.6 Å². The first-order valence-electron chi connectivity index (χ1n) is 5.77. The number of halogens is 3. The van der Waals surface area contributed by atoms with Crippen LogP contribution in [0.1, 0.15) is 33.1 Å². The number of rotatable bonds is 6. The number of nitrogens with one attached hydrogen (secondary N) is 2. The maximum atomic E-state index is 11.8. The summed E-state index contributed by atoms with van der Waals surface area (Å²) in [5.41, 5.74) is -0.859. The third kappa shape index (κ3) is 10.2. The Kier molecular flexibility index (Phi) is 6.47. The molecule has 0 aliphatic rings. The number of imide groups is 1. The van der Waals surface area contributed by atoms with Crippen molar-refractivity contribution >= 4 is 17.9 Å². The van der Waals surface area contributed by atoms with Crippen molar-refractivity contribution in [3.63, 3.8) is 0 Å². The van der Waals surface area contributed by atoms with Gasteiger partial charge in [-0.3, -0.25) is 14.9 Å². The standard InChI is InChI=1S/C11H17F3N2O4/c1-10(2,6-8(18)19)5-7(17)16-9(20)15-4-3-11(12,13)14/h3-6H2,1-2H3,(H,18,19)(H2,15,16,17,20). The Morgan fingerprint density at radius 2 is 1.65 bits per heavy atom. The molecule has 0 aromatic rings. The number of urea groups is 1. The van der Waals surface area contributed by atoms with Crippen LogP contribution in [0.3, 0.4) is 0 Å². The molecular weight excluding hydrogens is 281 g/mol. The number of hydrogen-bond acceptors (Lipinski definition) is 3. The average molecular weight is 298 g/mol. The molecule has 0 rings (SSSR count). The smallest absolute Gasteiger partial charge is 0.390 e. The molecule has 3 amide bonds. The van der Waals surface area contributed by atoms with E-state index in [9.17, 15) is 27.6 Å². The van der Waals surface area contributed by atoms with E-state index < -0.39 is 42.5 Å². The van der Waals surface area contributed by atoms with E-state index in [1.807, 2.05) is 10.6 Å². The largest absolute Gasteiger partial charge is 0.481 e. The van der Waals surface area contributed by atoms with Gasteiger partial charge in [0, 0.05) is 13.0 Å². The fraction of sp³-hybridized carbons (Fsp3) is 0.727. The lowest BCUT2D eigenvalue weighted by Gasteiger charge is -2.21. The lowest BCUT2D eigenvalue weighted by Crippen LogP contribution is -2.42. The summed E-state index contributed by atoms with van der Waals surface area (Å²) in [6.45, 7) is 2.42. The Morgan fingerprint density at radius 3 is 2.10 bits per heavy atom. The Labute approximate surface area is 113 Å². The van der Waals surface area contributed by atoms with Gasteiger partial charge in [-0.15, -0.1) is 0 Å². The highest BCUT2D eigenvalue weighted by Crippen LogP contribution is 2.24. The molecule has 0 saturated carbocycles. The van der Waals surface area contributed by atoms with Gasteiger partial charge in [0.15, 0.2) is 0 Å². The lowest BCUT2D eigenvalue weighted by molar-refractivity contribution is -0.139. The zero-order chi connectivity index (χ0) is 16.0. The molecule has 6 nitrogen and oxygen atoms in total. The molecule has 20 heavy (non-hydrogen) atoms. The maximum absolute atomic E-state index is 11.8. The maximum Gasteiger partial charge on any atom is 0.390 e. The molecule has 0 aliphatic carbocycles. The monoisotopic (exact) mass is 298 g/mol. The Bertz CT molecular complexity index is 380. The first-order chi connectivity index (χ1) is 8.91. The van der Waals surface area contributed by atoms with Crippen molar-refractivity contribution in [3.8, 4) is 0 Å². The Balaban J connectivity index is 4.08. The summed E-state index contributed by atoms with van der Waals surface area (Å²) in [7, 11) is 0. The third-order valence-electron chi connectivity index (χ3n) is 2.22. The summed E-state index contributed by atoms with van der Waals surface area (Å²) in [4.78, 5) is 33.1. The molecule has 0 heterocycles. The highest BCUT2D eigenvalue weighted by Gasteiger charge is 2.28. The fourth-order valence-corrected chi connectivity index (χ4v) is 1.44. The summed E-state index contributed by atoms with van der Waals surface area (Å²) in [6.07, 6.45) is -6.08. The zero-order valence-corrected chi connectivity index (χ0v) is 11.1. The van der Waals surface area contributed by atoms with E-state index in [4.69, 9.17) is 5.11 Å². The van der Waals surface area contributed by atoms with Crippen LogP contribution in [0.15, 0.2) is 0 Å². The molecule has 0 saturated heterocycles. The van der Waals surface area contributed by atoms with Crippen molar-refractivity contribution in [3.05, 3.63) is 0 Å². The van der Waals surface area contributed by atoms with E-state index in [0.717, 1.165) is 0 Å². The normalized spacial score (nSPS) is 11.8. The molecule has 9 heteroatoms. The summed E-state index contributed by atoms with van der Waals surface area (Å²) in [6, 6.07) is -1.04. The summed E-state index contributed by atoms with van der Waals surface area (Å²) < 4.78 is 35.5. The number of carboxylic acids is 1. The SMILES string of the molecule is CC(C)(CC(=O)O)CC(=O)NC(=O)NCCC(F)(F)F. The van der Waals surface area contributed by atoms with Crippen LogP contribution in [-0.4, -0.2) is 35.7 Å². The zero-order valence-electron chi connectivity index (χ0n) is 11.1. The number of carboxylic acid groups (broad SMARTS) is 1. The summed E-state index contributed by atoms with van der Waals surface area (Å²) in [5.74, 6) is -1.84. The first kappa shape index (κ1) is 18.2. The molecule has 0 bridgehead atoms. The molecule has 0 spiro atoms. The minimum Gasteiger partial charge on any atom is -0.481 e. The van der Waals surface area contributed by atoms with Gasteiger partial charge >= 0.3 is 18.2 Å².